The molecule has 2 rings (SSSR count). The van der Waals surface area contributed by atoms with E-state index in [-0.39, 0.29) is 11.8 Å². The summed E-state index contributed by atoms with van der Waals surface area (Å²) < 4.78 is 10.6. The Labute approximate surface area is 112 Å². The standard InChI is InChI=1S/C15H18O4/c1-3-5-14(17)19-15-11-6-4-7-13(18-2)10(11)8-9-12(15)16/h4,6-7,15H,3,5,8-9H2,1-2H3. The largest absolute Gasteiger partial charge is 0.496 e. The molecule has 1 unspecified atom stereocenters. The molecule has 0 radical (unpaired) electrons. The highest BCUT2D eigenvalue weighted by atomic mass is 16.5. The van der Waals surface area contributed by atoms with Crippen molar-refractivity contribution in [2.75, 3.05) is 7.11 Å². The van der Waals surface area contributed by atoms with Gasteiger partial charge in [0.2, 0.25) is 0 Å². The second kappa shape index (κ2) is 5.87. The number of ketones is 1. The predicted molar refractivity (Wildman–Crippen MR) is 70.1 cm³/mol. The molecule has 0 aromatic heterocycles. The van der Waals surface area contributed by atoms with Crippen LogP contribution in [0.15, 0.2) is 18.2 Å². The summed E-state index contributed by atoms with van der Waals surface area (Å²) in [6.45, 7) is 1.90. The third kappa shape index (κ3) is 2.78. The lowest BCUT2D eigenvalue weighted by molar-refractivity contribution is -0.156. The first-order valence-electron chi connectivity index (χ1n) is 6.55. The molecule has 0 aliphatic heterocycles. The smallest absolute Gasteiger partial charge is 0.306 e. The van der Waals surface area contributed by atoms with Gasteiger partial charge in [-0.25, -0.2) is 0 Å². The fourth-order valence-electron chi connectivity index (χ4n) is 2.36. The first-order valence-corrected chi connectivity index (χ1v) is 6.55. The van der Waals surface area contributed by atoms with Crippen LogP contribution in [0.25, 0.3) is 0 Å². The SMILES string of the molecule is CCCC(=O)OC1C(=O)CCc2c(OC)cccc21. The summed E-state index contributed by atoms with van der Waals surface area (Å²) in [4.78, 5) is 23.6. The molecule has 0 saturated heterocycles. The van der Waals surface area contributed by atoms with E-state index in [1.54, 1.807) is 7.11 Å². The van der Waals surface area contributed by atoms with Crippen LogP contribution in [0.1, 0.15) is 43.4 Å². The van der Waals surface area contributed by atoms with Crippen molar-refractivity contribution in [1.29, 1.82) is 0 Å². The molecule has 102 valence electrons. The average Bonchev–Trinajstić information content (AvgIpc) is 2.41. The Hall–Kier alpha value is -1.84. The quantitative estimate of drug-likeness (QED) is 0.783. The molecule has 0 N–H and O–H groups in total. The van der Waals surface area contributed by atoms with E-state index < -0.39 is 6.10 Å². The van der Waals surface area contributed by atoms with Crippen LogP contribution < -0.4 is 4.74 Å². The topological polar surface area (TPSA) is 52.6 Å². The number of rotatable bonds is 4. The van der Waals surface area contributed by atoms with Crippen LogP contribution in [-0.4, -0.2) is 18.9 Å². The summed E-state index contributed by atoms with van der Waals surface area (Å²) in [6, 6.07) is 5.51. The van der Waals surface area contributed by atoms with Gasteiger partial charge in [-0.1, -0.05) is 19.1 Å². The molecule has 4 heteroatoms. The molecule has 0 bridgehead atoms. The zero-order valence-electron chi connectivity index (χ0n) is 11.3. The van der Waals surface area contributed by atoms with E-state index in [1.807, 2.05) is 25.1 Å². The van der Waals surface area contributed by atoms with Gasteiger partial charge in [0.25, 0.3) is 0 Å². The van der Waals surface area contributed by atoms with Crippen molar-refractivity contribution in [3.8, 4) is 5.75 Å². The van der Waals surface area contributed by atoms with E-state index in [9.17, 15) is 9.59 Å². The van der Waals surface area contributed by atoms with Crippen molar-refractivity contribution in [2.24, 2.45) is 0 Å². The maximum atomic E-state index is 12.0. The zero-order valence-corrected chi connectivity index (χ0v) is 11.3. The monoisotopic (exact) mass is 262 g/mol. The maximum Gasteiger partial charge on any atom is 0.306 e. The number of benzene rings is 1. The van der Waals surface area contributed by atoms with Crippen molar-refractivity contribution >= 4 is 11.8 Å². The molecule has 1 aromatic carbocycles. The van der Waals surface area contributed by atoms with E-state index in [2.05, 4.69) is 0 Å². The van der Waals surface area contributed by atoms with Crippen LogP contribution in [0.4, 0.5) is 0 Å². The summed E-state index contributed by atoms with van der Waals surface area (Å²) in [5.74, 6) is 0.392. The van der Waals surface area contributed by atoms with Crippen molar-refractivity contribution in [1.82, 2.24) is 0 Å². The lowest BCUT2D eigenvalue weighted by atomic mass is 9.87. The Balaban J connectivity index is 2.30. The van der Waals surface area contributed by atoms with Gasteiger partial charge >= 0.3 is 5.97 Å². The minimum Gasteiger partial charge on any atom is -0.496 e. The summed E-state index contributed by atoms with van der Waals surface area (Å²) in [6.07, 6.45) is 1.31. The van der Waals surface area contributed by atoms with Gasteiger partial charge in [-0.2, -0.15) is 0 Å². The molecule has 19 heavy (non-hydrogen) atoms. The van der Waals surface area contributed by atoms with Gasteiger partial charge in [0.1, 0.15) is 5.75 Å². The number of carbonyl (C=O) groups excluding carboxylic acids is 2. The third-order valence-corrected chi connectivity index (χ3v) is 3.29. The van der Waals surface area contributed by atoms with Gasteiger partial charge in [-0.15, -0.1) is 0 Å². The van der Waals surface area contributed by atoms with Gasteiger partial charge in [-0.05, 0) is 18.9 Å². The molecular formula is C15H18O4. The van der Waals surface area contributed by atoms with Crippen LogP contribution in [0.5, 0.6) is 5.75 Å². The fraction of sp³-hybridized carbons (Fsp3) is 0.467. The first kappa shape index (κ1) is 13.6. The summed E-state index contributed by atoms with van der Waals surface area (Å²) >= 11 is 0. The molecule has 1 atom stereocenters. The number of ether oxygens (including phenoxy) is 2. The second-order valence-corrected chi connectivity index (χ2v) is 4.61. The number of carbonyl (C=O) groups is 2. The van der Waals surface area contributed by atoms with E-state index >= 15 is 0 Å². The van der Waals surface area contributed by atoms with Crippen molar-refractivity contribution in [2.45, 2.75) is 38.7 Å². The molecule has 1 aliphatic rings. The minimum atomic E-state index is -0.766. The average molecular weight is 262 g/mol. The Morgan fingerprint density at radius 2 is 2.16 bits per heavy atom. The molecular weight excluding hydrogens is 244 g/mol. The van der Waals surface area contributed by atoms with Crippen LogP contribution in [-0.2, 0) is 20.7 Å². The summed E-state index contributed by atoms with van der Waals surface area (Å²) in [7, 11) is 1.60. The van der Waals surface area contributed by atoms with Gasteiger partial charge in [-0.3, -0.25) is 9.59 Å². The highest BCUT2D eigenvalue weighted by Crippen LogP contribution is 2.35. The van der Waals surface area contributed by atoms with Crippen molar-refractivity contribution in [3.05, 3.63) is 29.3 Å². The van der Waals surface area contributed by atoms with Crippen LogP contribution in [0.3, 0.4) is 0 Å². The van der Waals surface area contributed by atoms with Crippen LogP contribution >= 0.6 is 0 Å². The minimum absolute atomic E-state index is 0.0368. The molecule has 0 amide bonds. The Morgan fingerprint density at radius 1 is 1.37 bits per heavy atom. The van der Waals surface area contributed by atoms with E-state index in [0.29, 0.717) is 25.7 Å². The molecule has 0 heterocycles. The Kier molecular flexibility index (Phi) is 4.20. The number of Topliss-reactive ketones (excluding diaryl/α,β-unsaturated/α-hetero) is 1. The van der Waals surface area contributed by atoms with Crippen molar-refractivity contribution in [3.63, 3.8) is 0 Å². The van der Waals surface area contributed by atoms with E-state index in [1.165, 1.54) is 0 Å². The lowest BCUT2D eigenvalue weighted by Crippen LogP contribution is -2.25. The van der Waals surface area contributed by atoms with Crippen molar-refractivity contribution < 1.29 is 19.1 Å². The lowest BCUT2D eigenvalue weighted by Gasteiger charge is -2.25. The van der Waals surface area contributed by atoms with E-state index in [4.69, 9.17) is 9.47 Å². The molecule has 1 aromatic rings. The van der Waals surface area contributed by atoms with Crippen LogP contribution in [0.2, 0.25) is 0 Å². The normalized spacial score (nSPS) is 17.8. The number of esters is 1. The number of fused-ring (bicyclic) bond motifs is 1. The highest BCUT2D eigenvalue weighted by Gasteiger charge is 2.32. The van der Waals surface area contributed by atoms with Crippen LogP contribution in [0, 0.1) is 0 Å². The Morgan fingerprint density at radius 3 is 2.84 bits per heavy atom. The van der Waals surface area contributed by atoms with E-state index in [0.717, 1.165) is 16.9 Å². The predicted octanol–water partition coefficient (Wildman–Crippen LogP) is 2.59. The Bertz CT molecular complexity index is 493. The van der Waals surface area contributed by atoms with Gasteiger partial charge in [0.15, 0.2) is 11.9 Å². The molecule has 0 saturated carbocycles. The summed E-state index contributed by atoms with van der Waals surface area (Å²) in [5.41, 5.74) is 1.74. The zero-order chi connectivity index (χ0) is 13.8. The number of methoxy groups -OCH3 is 1. The summed E-state index contributed by atoms with van der Waals surface area (Å²) in [5, 5.41) is 0. The highest BCUT2D eigenvalue weighted by molar-refractivity contribution is 5.89. The molecule has 4 nitrogen and oxygen atoms in total. The number of hydrogen-bond donors (Lipinski definition) is 0. The molecule has 0 spiro atoms. The molecule has 0 fully saturated rings. The fourth-order valence-corrected chi connectivity index (χ4v) is 2.36. The molecule has 1 aliphatic carbocycles. The van der Waals surface area contributed by atoms with Gasteiger partial charge < -0.3 is 9.47 Å². The first-order chi connectivity index (χ1) is 9.17. The van der Waals surface area contributed by atoms with Gasteiger partial charge in [0, 0.05) is 24.0 Å². The maximum absolute atomic E-state index is 12.0. The second-order valence-electron chi connectivity index (χ2n) is 4.61. The third-order valence-electron chi connectivity index (χ3n) is 3.29. The van der Waals surface area contributed by atoms with Gasteiger partial charge in [0.05, 0.1) is 7.11 Å². The number of hydrogen-bond acceptors (Lipinski definition) is 4.